The van der Waals surface area contributed by atoms with Crippen molar-refractivity contribution in [1.82, 2.24) is 0 Å². The van der Waals surface area contributed by atoms with Crippen LogP contribution >= 0.6 is 0 Å². The van der Waals surface area contributed by atoms with Crippen LogP contribution in [0.2, 0.25) is 0 Å². The van der Waals surface area contributed by atoms with E-state index in [1.165, 1.54) is 0 Å². The fraction of sp³-hybridized carbons (Fsp3) is 1.00. The van der Waals surface area contributed by atoms with Gasteiger partial charge in [0, 0.05) is 12.8 Å². The number of hydrogen-bond donors (Lipinski definition) is 6. The summed E-state index contributed by atoms with van der Waals surface area (Å²) in [6.07, 6.45) is -8.11. The van der Waals surface area contributed by atoms with Crippen LogP contribution in [0.1, 0.15) is 12.8 Å². The maximum atomic E-state index is 9.85. The first-order valence-corrected chi connectivity index (χ1v) is 7.07. The minimum Gasteiger partial charge on any atom is -0.394 e. The van der Waals surface area contributed by atoms with E-state index in [0.29, 0.717) is 0 Å². The first-order chi connectivity index (χ1) is 10.5. The fourth-order valence-electron chi connectivity index (χ4n) is 2.52. The van der Waals surface area contributed by atoms with E-state index in [1.54, 1.807) is 0 Å². The van der Waals surface area contributed by atoms with E-state index in [9.17, 15) is 20.4 Å². The van der Waals surface area contributed by atoms with Crippen LogP contribution in [0.4, 0.5) is 0 Å². The average molecular weight is 325 g/mol. The van der Waals surface area contributed by atoms with Crippen molar-refractivity contribution in [3.63, 3.8) is 0 Å². The van der Waals surface area contributed by atoms with E-state index in [4.69, 9.17) is 25.2 Å². The number of nitrogens with two attached hydrogens (primary N) is 1. The van der Waals surface area contributed by atoms with Gasteiger partial charge in [-0.3, -0.25) is 4.84 Å². The Morgan fingerprint density at radius 2 is 1.45 bits per heavy atom. The third kappa shape index (κ3) is 4.11. The summed E-state index contributed by atoms with van der Waals surface area (Å²) in [5, 5.41) is 47.9. The molecule has 10 heteroatoms. The third-order valence-electron chi connectivity index (χ3n) is 3.85. The lowest BCUT2D eigenvalue weighted by atomic mass is 10.0. The van der Waals surface area contributed by atoms with Crippen molar-refractivity contribution < 1.29 is 44.6 Å². The lowest BCUT2D eigenvalue weighted by Gasteiger charge is -2.39. The molecule has 2 rings (SSSR count). The van der Waals surface area contributed by atoms with Crippen molar-refractivity contribution in [3.8, 4) is 0 Å². The highest BCUT2D eigenvalue weighted by Gasteiger charge is 2.40. The molecule has 0 aliphatic carbocycles. The van der Waals surface area contributed by atoms with Gasteiger partial charge in [0.1, 0.15) is 24.4 Å². The van der Waals surface area contributed by atoms with E-state index >= 15 is 0 Å². The van der Waals surface area contributed by atoms with E-state index < -0.39 is 55.8 Å². The molecule has 7 N–H and O–H groups in total. The Bertz CT molecular complexity index is 347. The monoisotopic (exact) mass is 325 g/mol. The van der Waals surface area contributed by atoms with Gasteiger partial charge in [-0.25, -0.2) is 5.90 Å². The van der Waals surface area contributed by atoms with Crippen LogP contribution in [-0.4, -0.2) is 88.0 Å². The zero-order chi connectivity index (χ0) is 16.3. The Morgan fingerprint density at radius 1 is 0.909 bits per heavy atom. The van der Waals surface area contributed by atoms with Gasteiger partial charge in [-0.15, -0.1) is 0 Å². The summed E-state index contributed by atoms with van der Waals surface area (Å²) in [7, 11) is 0. The van der Waals surface area contributed by atoms with Gasteiger partial charge in [0.25, 0.3) is 0 Å². The second-order valence-electron chi connectivity index (χ2n) is 5.45. The highest BCUT2D eigenvalue weighted by atomic mass is 16.8. The zero-order valence-corrected chi connectivity index (χ0v) is 11.9. The zero-order valence-electron chi connectivity index (χ0n) is 11.9. The highest BCUT2D eigenvalue weighted by molar-refractivity contribution is 4.85. The Morgan fingerprint density at radius 3 is 2.05 bits per heavy atom. The molecule has 0 aromatic carbocycles. The first-order valence-electron chi connectivity index (χ1n) is 7.07. The summed E-state index contributed by atoms with van der Waals surface area (Å²) in [6.45, 7) is -0.619. The number of aliphatic hydroxyl groups excluding tert-OH is 5. The van der Waals surface area contributed by atoms with Gasteiger partial charge >= 0.3 is 0 Å². The van der Waals surface area contributed by atoms with Gasteiger partial charge in [-0.05, 0) is 0 Å². The van der Waals surface area contributed by atoms with Crippen LogP contribution < -0.4 is 5.90 Å². The van der Waals surface area contributed by atoms with Gasteiger partial charge in [0.2, 0.25) is 0 Å². The van der Waals surface area contributed by atoms with Crippen LogP contribution in [0.25, 0.3) is 0 Å². The number of rotatable bonds is 5. The summed E-state index contributed by atoms with van der Waals surface area (Å²) >= 11 is 0. The van der Waals surface area contributed by atoms with Gasteiger partial charge in [0.15, 0.2) is 12.6 Å². The van der Waals surface area contributed by atoms with Crippen LogP contribution in [0.3, 0.4) is 0 Å². The smallest absolute Gasteiger partial charge is 0.180 e. The molecule has 2 aliphatic heterocycles. The molecule has 2 saturated heterocycles. The van der Waals surface area contributed by atoms with E-state index in [1.807, 2.05) is 0 Å². The standard InChI is InChI=1S/C12H23NO9/c13-22-10-2-6(16)12(18)8(21-10)4-19-9-1-5(15)11(17)7(3-14)20-9/h5-12,14-18H,1-4,13H2. The van der Waals surface area contributed by atoms with Crippen LogP contribution in [-0.2, 0) is 19.0 Å². The summed E-state index contributed by atoms with van der Waals surface area (Å²) in [4.78, 5) is 4.51. The molecule has 0 aromatic rings. The minimum atomic E-state index is -1.20. The summed E-state index contributed by atoms with van der Waals surface area (Å²) in [5.41, 5.74) is 0. The van der Waals surface area contributed by atoms with Crippen molar-refractivity contribution in [1.29, 1.82) is 0 Å². The average Bonchev–Trinajstić information content (AvgIpc) is 2.51. The fourth-order valence-corrected chi connectivity index (χ4v) is 2.52. The molecule has 8 unspecified atom stereocenters. The summed E-state index contributed by atoms with van der Waals surface area (Å²) in [5.74, 6) is 5.01. The Labute approximate surface area is 126 Å². The molecule has 0 spiro atoms. The topological polar surface area (TPSA) is 164 Å². The van der Waals surface area contributed by atoms with Crippen molar-refractivity contribution in [3.05, 3.63) is 0 Å². The van der Waals surface area contributed by atoms with E-state index in [0.717, 1.165) is 0 Å². The lowest BCUT2D eigenvalue weighted by molar-refractivity contribution is -0.292. The molecule has 130 valence electrons. The minimum absolute atomic E-state index is 0.000146. The third-order valence-corrected chi connectivity index (χ3v) is 3.85. The molecular formula is C12H23NO9. The van der Waals surface area contributed by atoms with E-state index in [-0.39, 0.29) is 19.4 Å². The Kier molecular flexibility index (Phi) is 6.46. The second kappa shape index (κ2) is 7.93. The summed E-state index contributed by atoms with van der Waals surface area (Å²) in [6, 6.07) is 0. The van der Waals surface area contributed by atoms with Crippen molar-refractivity contribution in [2.45, 2.75) is 62.0 Å². The molecule has 0 bridgehead atoms. The number of hydrogen-bond acceptors (Lipinski definition) is 10. The van der Waals surface area contributed by atoms with Crippen LogP contribution in [0.5, 0.6) is 0 Å². The molecule has 0 aromatic heterocycles. The van der Waals surface area contributed by atoms with Crippen molar-refractivity contribution >= 4 is 0 Å². The predicted octanol–water partition coefficient (Wildman–Crippen LogP) is -3.44. The van der Waals surface area contributed by atoms with Crippen molar-refractivity contribution in [2.75, 3.05) is 13.2 Å². The molecule has 0 saturated carbocycles. The Balaban J connectivity index is 1.86. The first kappa shape index (κ1) is 17.9. The molecule has 8 atom stereocenters. The predicted molar refractivity (Wildman–Crippen MR) is 68.9 cm³/mol. The largest absolute Gasteiger partial charge is 0.394 e. The lowest BCUT2D eigenvalue weighted by Crippen LogP contribution is -2.53. The molecule has 0 radical (unpaired) electrons. The highest BCUT2D eigenvalue weighted by Crippen LogP contribution is 2.24. The van der Waals surface area contributed by atoms with E-state index in [2.05, 4.69) is 4.84 Å². The molecule has 0 amide bonds. The van der Waals surface area contributed by atoms with Crippen molar-refractivity contribution in [2.24, 2.45) is 5.90 Å². The van der Waals surface area contributed by atoms with Gasteiger partial charge in [0.05, 0.1) is 25.4 Å². The normalized spacial score (nSPS) is 46.6. The van der Waals surface area contributed by atoms with Gasteiger partial charge in [-0.1, -0.05) is 0 Å². The number of ether oxygens (including phenoxy) is 3. The number of aliphatic hydroxyl groups is 5. The molecule has 2 heterocycles. The van der Waals surface area contributed by atoms with Gasteiger partial charge < -0.3 is 39.7 Å². The maximum absolute atomic E-state index is 9.85. The van der Waals surface area contributed by atoms with Crippen LogP contribution in [0.15, 0.2) is 0 Å². The quantitative estimate of drug-likeness (QED) is 0.280. The van der Waals surface area contributed by atoms with Crippen LogP contribution in [0, 0.1) is 0 Å². The molecule has 10 nitrogen and oxygen atoms in total. The Hall–Kier alpha value is -0.400. The second-order valence-corrected chi connectivity index (χ2v) is 5.45. The summed E-state index contributed by atoms with van der Waals surface area (Å²) < 4.78 is 16.0. The molecule has 2 fully saturated rings. The SMILES string of the molecule is NOC1CC(O)C(O)C(COC2CC(O)C(O)C(CO)O2)O1. The molecule has 2 aliphatic rings. The molecular weight excluding hydrogens is 302 g/mol. The molecule has 22 heavy (non-hydrogen) atoms. The maximum Gasteiger partial charge on any atom is 0.180 e. The van der Waals surface area contributed by atoms with Gasteiger partial charge in [-0.2, -0.15) is 0 Å².